The number of aldehydes is 1. The number of aromatic nitrogens is 2. The molecule has 4 N–H and O–H groups in total. The lowest BCUT2D eigenvalue weighted by molar-refractivity contribution is -0.206. The van der Waals surface area contributed by atoms with Gasteiger partial charge < -0.3 is 25.5 Å². The number of nitrogens with zero attached hydrogens (tertiary/aromatic N) is 2. The predicted molar refractivity (Wildman–Crippen MR) is 130 cm³/mol. The van der Waals surface area contributed by atoms with E-state index >= 15 is 0 Å². The predicted octanol–water partition coefficient (Wildman–Crippen LogP) is 4.49. The number of anilines is 1. The van der Waals surface area contributed by atoms with Gasteiger partial charge in [-0.1, -0.05) is 30.3 Å². The van der Waals surface area contributed by atoms with Crippen LogP contribution in [0, 0.1) is 5.92 Å². The fourth-order valence-electron chi connectivity index (χ4n) is 4.88. The Morgan fingerprint density at radius 1 is 1.22 bits per heavy atom. The average molecular weight is 496 g/mol. The number of primary amides is 1. The zero-order valence-electron chi connectivity index (χ0n) is 19.0. The van der Waals surface area contributed by atoms with Crippen LogP contribution >= 0.6 is 0 Å². The monoisotopic (exact) mass is 496 g/mol. The zero-order valence-corrected chi connectivity index (χ0v) is 19.0. The molecule has 4 aromatic rings. The number of hydrogen-bond acceptors (Lipinski definition) is 5. The Morgan fingerprint density at radius 2 is 2.00 bits per heavy atom. The Labute approximate surface area is 203 Å². The number of carbonyl (C=O) groups is 2. The molecule has 186 valence electrons. The van der Waals surface area contributed by atoms with Gasteiger partial charge in [-0.3, -0.25) is 4.79 Å². The Kier molecular flexibility index (Phi) is 5.91. The number of aromatic amines is 1. The van der Waals surface area contributed by atoms with Crippen LogP contribution in [0.1, 0.15) is 34.9 Å². The van der Waals surface area contributed by atoms with E-state index in [-0.39, 0.29) is 17.0 Å². The lowest BCUT2D eigenvalue weighted by Gasteiger charge is -2.31. The number of halogens is 3. The van der Waals surface area contributed by atoms with Crippen LogP contribution in [-0.2, 0) is 4.79 Å². The van der Waals surface area contributed by atoms with Gasteiger partial charge in [0.15, 0.2) is 6.10 Å². The molecule has 1 saturated heterocycles. The van der Waals surface area contributed by atoms with Crippen LogP contribution in [-0.4, -0.2) is 46.5 Å². The van der Waals surface area contributed by atoms with Gasteiger partial charge >= 0.3 is 6.18 Å². The topological polar surface area (TPSA) is 112 Å². The molecular formula is C26H23F3N4O3. The first-order valence-electron chi connectivity index (χ1n) is 11.5. The number of aliphatic hydroxyl groups is 1. The normalized spacial score (nSPS) is 17.4. The van der Waals surface area contributed by atoms with Crippen molar-refractivity contribution in [1.29, 1.82) is 0 Å². The maximum Gasteiger partial charge on any atom is 0.418 e. The first-order chi connectivity index (χ1) is 17.2. The molecule has 36 heavy (non-hydrogen) atoms. The summed E-state index contributed by atoms with van der Waals surface area (Å²) in [6.45, 7) is 1.22. The van der Waals surface area contributed by atoms with Gasteiger partial charge in [-0.05, 0) is 41.7 Å². The van der Waals surface area contributed by atoms with E-state index < -0.39 is 18.2 Å². The quantitative estimate of drug-likeness (QED) is 0.353. The number of H-pyrrole nitrogens is 1. The largest absolute Gasteiger partial charge is 0.418 e. The minimum atomic E-state index is -4.77. The molecule has 0 radical (unpaired) electrons. The summed E-state index contributed by atoms with van der Waals surface area (Å²) < 4.78 is 39.0. The molecule has 1 fully saturated rings. The minimum absolute atomic E-state index is 0.109. The number of nitrogens with two attached hydrogens (primary N) is 1. The highest BCUT2D eigenvalue weighted by molar-refractivity contribution is 6.18. The van der Waals surface area contributed by atoms with Gasteiger partial charge in [-0.2, -0.15) is 13.2 Å². The van der Waals surface area contributed by atoms with E-state index in [1.54, 1.807) is 18.2 Å². The van der Waals surface area contributed by atoms with Crippen molar-refractivity contribution in [1.82, 2.24) is 9.97 Å². The third-order valence-corrected chi connectivity index (χ3v) is 6.67. The lowest BCUT2D eigenvalue weighted by atomic mass is 9.98. The van der Waals surface area contributed by atoms with Crippen LogP contribution in [0.15, 0.2) is 48.7 Å². The van der Waals surface area contributed by atoms with Gasteiger partial charge in [0, 0.05) is 36.1 Å². The van der Waals surface area contributed by atoms with E-state index in [0.717, 1.165) is 24.5 Å². The summed E-state index contributed by atoms with van der Waals surface area (Å²) >= 11 is 0. The molecule has 1 unspecified atom stereocenters. The second-order valence-electron chi connectivity index (χ2n) is 9.05. The minimum Gasteiger partial charge on any atom is -0.379 e. The third kappa shape index (κ3) is 4.17. The highest BCUT2D eigenvalue weighted by Crippen LogP contribution is 2.38. The molecule has 0 spiro atoms. The van der Waals surface area contributed by atoms with E-state index in [1.807, 2.05) is 11.0 Å². The van der Waals surface area contributed by atoms with Crippen molar-refractivity contribution in [2.75, 3.05) is 18.0 Å². The fraction of sp³-hybridized carbons (Fsp3) is 0.269. The molecular weight excluding hydrogens is 473 g/mol. The molecule has 3 heterocycles. The first-order valence-corrected chi connectivity index (χ1v) is 11.5. The van der Waals surface area contributed by atoms with Crippen molar-refractivity contribution < 1.29 is 27.9 Å². The number of benzene rings is 2. The molecule has 10 heteroatoms. The summed E-state index contributed by atoms with van der Waals surface area (Å²) in [7, 11) is 0. The highest BCUT2D eigenvalue weighted by Gasteiger charge is 2.39. The van der Waals surface area contributed by atoms with E-state index in [4.69, 9.17) is 5.73 Å². The van der Waals surface area contributed by atoms with Crippen LogP contribution < -0.4 is 10.6 Å². The van der Waals surface area contributed by atoms with Gasteiger partial charge in [0.25, 0.3) is 5.91 Å². The summed E-state index contributed by atoms with van der Waals surface area (Å²) in [5.74, 6) is -0.123. The number of aliphatic hydroxyl groups excluding tert-OH is 1. The van der Waals surface area contributed by atoms with Crippen LogP contribution in [0.4, 0.5) is 19.0 Å². The molecule has 0 aliphatic carbocycles. The molecule has 7 nitrogen and oxygen atoms in total. The van der Waals surface area contributed by atoms with Gasteiger partial charge in [-0.15, -0.1) is 0 Å². The second kappa shape index (κ2) is 8.94. The van der Waals surface area contributed by atoms with Crippen molar-refractivity contribution in [2.45, 2.75) is 25.1 Å². The van der Waals surface area contributed by atoms with Crippen molar-refractivity contribution in [3.05, 3.63) is 59.8 Å². The number of rotatable bonds is 5. The SMILES string of the molecule is NC(=O)c1cnc(N2CCC[C@H](C=O)C2)c2c1[nH]c1cc(-c3cccc(C(O)C(F)(F)F)c3)ccc12. The molecule has 2 aromatic heterocycles. The number of pyridine rings is 1. The summed E-state index contributed by atoms with van der Waals surface area (Å²) in [6, 6.07) is 11.0. The number of carbonyl (C=O) groups excluding carboxylic acids is 2. The van der Waals surface area contributed by atoms with Gasteiger partial charge in [-0.25, -0.2) is 4.98 Å². The smallest absolute Gasteiger partial charge is 0.379 e. The maximum atomic E-state index is 13.0. The summed E-state index contributed by atoms with van der Waals surface area (Å²) in [6.07, 6.45) is -3.35. The summed E-state index contributed by atoms with van der Waals surface area (Å²) in [5.41, 5.74) is 7.83. The molecule has 1 amide bonds. The Balaban J connectivity index is 1.64. The molecule has 2 atom stereocenters. The van der Waals surface area contributed by atoms with Crippen molar-refractivity contribution in [3.8, 4) is 11.1 Å². The van der Waals surface area contributed by atoms with E-state index in [9.17, 15) is 27.9 Å². The number of nitrogens with one attached hydrogen (secondary N) is 1. The van der Waals surface area contributed by atoms with Crippen LogP contribution in [0.5, 0.6) is 0 Å². The Hall–Kier alpha value is -3.92. The molecule has 2 aromatic carbocycles. The van der Waals surface area contributed by atoms with Crippen LogP contribution in [0.25, 0.3) is 32.9 Å². The molecule has 1 aliphatic heterocycles. The van der Waals surface area contributed by atoms with E-state index in [0.29, 0.717) is 46.5 Å². The van der Waals surface area contributed by atoms with Crippen molar-refractivity contribution >= 4 is 39.8 Å². The maximum absolute atomic E-state index is 13.0. The van der Waals surface area contributed by atoms with Crippen molar-refractivity contribution in [2.24, 2.45) is 11.7 Å². The summed E-state index contributed by atoms with van der Waals surface area (Å²) in [5, 5.41) is 11.1. The number of fused-ring (bicyclic) bond motifs is 3. The number of alkyl halides is 3. The Bertz CT molecular complexity index is 1480. The summed E-state index contributed by atoms with van der Waals surface area (Å²) in [4.78, 5) is 33.3. The first kappa shape index (κ1) is 23.8. The van der Waals surface area contributed by atoms with Gasteiger partial charge in [0.2, 0.25) is 0 Å². The van der Waals surface area contributed by atoms with Crippen LogP contribution in [0.2, 0.25) is 0 Å². The molecule has 0 bridgehead atoms. The zero-order chi connectivity index (χ0) is 25.6. The van der Waals surface area contributed by atoms with Gasteiger partial charge in [0.1, 0.15) is 12.1 Å². The fourth-order valence-corrected chi connectivity index (χ4v) is 4.88. The molecule has 0 saturated carbocycles. The van der Waals surface area contributed by atoms with E-state index in [2.05, 4.69) is 9.97 Å². The Morgan fingerprint density at radius 3 is 2.72 bits per heavy atom. The molecule has 1 aliphatic rings. The second-order valence-corrected chi connectivity index (χ2v) is 9.05. The van der Waals surface area contributed by atoms with Crippen molar-refractivity contribution in [3.63, 3.8) is 0 Å². The third-order valence-electron chi connectivity index (χ3n) is 6.67. The number of piperidine rings is 1. The van der Waals surface area contributed by atoms with Gasteiger partial charge in [0.05, 0.1) is 16.5 Å². The lowest BCUT2D eigenvalue weighted by Crippen LogP contribution is -2.36. The number of amides is 1. The number of hydrogen-bond donors (Lipinski definition) is 3. The molecule has 5 rings (SSSR count). The standard InChI is InChI=1S/C26H23F3N4O3/c27-26(28,29)23(35)17-5-1-4-15(9-17)16-6-7-18-20(10-16)32-22-19(24(30)36)11-31-25(21(18)22)33-8-2-3-14(12-33)13-34/h1,4-7,9-11,13-14,23,32,35H,2-3,8,12H2,(H2,30,36)/t14-,23?/m0/s1. The van der Waals surface area contributed by atoms with Crippen LogP contribution in [0.3, 0.4) is 0 Å². The van der Waals surface area contributed by atoms with E-state index in [1.165, 1.54) is 24.4 Å². The highest BCUT2D eigenvalue weighted by atomic mass is 19.4. The average Bonchev–Trinajstić information content (AvgIpc) is 3.26.